The van der Waals surface area contributed by atoms with Crippen LogP contribution in [0.25, 0.3) is 6.08 Å². The molecule has 0 aliphatic carbocycles. The third-order valence-corrected chi connectivity index (χ3v) is 2.22. The lowest BCUT2D eigenvalue weighted by Crippen LogP contribution is -2.34. The molecule has 0 aromatic heterocycles. The zero-order valence-corrected chi connectivity index (χ0v) is 12.5. The highest BCUT2D eigenvalue weighted by atomic mass is 16.6. The maximum atomic E-state index is 11.7. The second-order valence-electron chi connectivity index (χ2n) is 5.27. The molecule has 0 unspecified atom stereocenters. The summed E-state index contributed by atoms with van der Waals surface area (Å²) < 4.78 is 9.68. The van der Waals surface area contributed by atoms with Crippen LogP contribution in [0.15, 0.2) is 30.0 Å². The maximum Gasteiger partial charge on any atom is 0.412 e. The smallest absolute Gasteiger partial charge is 0.412 e. The van der Waals surface area contributed by atoms with Gasteiger partial charge in [0, 0.05) is 0 Å². The summed E-state index contributed by atoms with van der Waals surface area (Å²) in [6.07, 6.45) is 0.620. The number of aromatic hydroxyl groups is 1. The summed E-state index contributed by atoms with van der Waals surface area (Å²) in [4.78, 5) is 23.4. The first-order valence-corrected chi connectivity index (χ1v) is 6.30. The molecular formula is C15H19NO5. The monoisotopic (exact) mass is 293 g/mol. The lowest BCUT2D eigenvalue weighted by Gasteiger charge is -2.20. The predicted octanol–water partition coefficient (Wildman–Crippen LogP) is 2.43. The van der Waals surface area contributed by atoms with Gasteiger partial charge in [-0.05, 0) is 44.5 Å². The Bertz CT molecular complexity index is 557. The van der Waals surface area contributed by atoms with Crippen molar-refractivity contribution < 1.29 is 24.2 Å². The molecule has 1 aromatic rings. The third-order valence-electron chi connectivity index (χ3n) is 2.22. The van der Waals surface area contributed by atoms with E-state index in [9.17, 15) is 14.7 Å². The van der Waals surface area contributed by atoms with Crippen molar-refractivity contribution in [1.29, 1.82) is 0 Å². The number of alkyl carbamates (subject to hydrolysis) is 1. The number of rotatable bonds is 3. The molecule has 0 radical (unpaired) electrons. The molecule has 6 heteroatoms. The molecular weight excluding hydrogens is 274 g/mol. The van der Waals surface area contributed by atoms with E-state index in [0.29, 0.717) is 5.56 Å². The van der Waals surface area contributed by atoms with Gasteiger partial charge >= 0.3 is 12.1 Å². The summed E-state index contributed by atoms with van der Waals surface area (Å²) in [7, 11) is 1.20. The molecule has 0 aliphatic rings. The van der Waals surface area contributed by atoms with Crippen LogP contribution in [0.3, 0.4) is 0 Å². The second kappa shape index (κ2) is 6.78. The molecule has 0 saturated heterocycles. The fourth-order valence-corrected chi connectivity index (χ4v) is 1.45. The molecule has 6 nitrogen and oxygen atoms in total. The van der Waals surface area contributed by atoms with E-state index in [4.69, 9.17) is 4.74 Å². The Morgan fingerprint density at radius 3 is 2.48 bits per heavy atom. The van der Waals surface area contributed by atoms with Gasteiger partial charge in [-0.25, -0.2) is 9.59 Å². The molecule has 0 atom stereocenters. The van der Waals surface area contributed by atoms with Gasteiger partial charge in [0.15, 0.2) is 0 Å². The van der Waals surface area contributed by atoms with Crippen LogP contribution < -0.4 is 5.32 Å². The van der Waals surface area contributed by atoms with E-state index in [1.165, 1.54) is 25.3 Å². The van der Waals surface area contributed by atoms with Gasteiger partial charge in [0.1, 0.15) is 17.0 Å². The van der Waals surface area contributed by atoms with Crippen molar-refractivity contribution in [3.63, 3.8) is 0 Å². The van der Waals surface area contributed by atoms with Crippen LogP contribution in [0.5, 0.6) is 5.75 Å². The van der Waals surface area contributed by atoms with Crippen molar-refractivity contribution in [3.8, 4) is 5.75 Å². The van der Waals surface area contributed by atoms with Crippen LogP contribution in [0.4, 0.5) is 4.79 Å². The van der Waals surface area contributed by atoms with Crippen LogP contribution in [0.1, 0.15) is 26.3 Å². The third kappa shape index (κ3) is 5.99. The van der Waals surface area contributed by atoms with Crippen molar-refractivity contribution in [2.45, 2.75) is 26.4 Å². The number of amides is 1. The topological polar surface area (TPSA) is 84.9 Å². The summed E-state index contributed by atoms with van der Waals surface area (Å²) in [5, 5.41) is 11.7. The molecule has 1 aromatic carbocycles. The molecule has 0 spiro atoms. The fourth-order valence-electron chi connectivity index (χ4n) is 1.45. The van der Waals surface area contributed by atoms with Crippen molar-refractivity contribution in [2.24, 2.45) is 0 Å². The Balaban J connectivity index is 2.96. The highest BCUT2D eigenvalue weighted by Crippen LogP contribution is 2.14. The van der Waals surface area contributed by atoms with Crippen molar-refractivity contribution in [3.05, 3.63) is 35.5 Å². The van der Waals surface area contributed by atoms with Gasteiger partial charge in [-0.3, -0.25) is 5.32 Å². The molecule has 1 amide bonds. The lowest BCUT2D eigenvalue weighted by molar-refractivity contribution is -0.136. The number of carbonyl (C=O) groups excluding carboxylic acids is 2. The number of benzene rings is 1. The highest BCUT2D eigenvalue weighted by molar-refractivity contribution is 5.96. The number of phenols is 1. The van der Waals surface area contributed by atoms with Crippen molar-refractivity contribution in [2.75, 3.05) is 7.11 Å². The number of methoxy groups -OCH3 is 1. The van der Waals surface area contributed by atoms with E-state index in [1.807, 2.05) is 0 Å². The molecule has 1 rings (SSSR count). The Morgan fingerprint density at radius 1 is 1.29 bits per heavy atom. The Morgan fingerprint density at radius 2 is 1.95 bits per heavy atom. The first-order valence-electron chi connectivity index (χ1n) is 6.30. The second-order valence-corrected chi connectivity index (χ2v) is 5.27. The zero-order chi connectivity index (χ0) is 16.0. The number of esters is 1. The summed E-state index contributed by atoms with van der Waals surface area (Å²) in [5.41, 5.74) is -0.236. The molecule has 2 N–H and O–H groups in total. The number of carbonyl (C=O) groups is 2. The SMILES string of the molecule is COC(=O)/C(=C\c1cccc(O)c1)NC(=O)OC(C)(C)C. The lowest BCUT2D eigenvalue weighted by atomic mass is 10.2. The van der Waals surface area contributed by atoms with E-state index >= 15 is 0 Å². The van der Waals surface area contributed by atoms with E-state index in [2.05, 4.69) is 10.1 Å². The molecule has 114 valence electrons. The minimum absolute atomic E-state index is 0.0465. The Labute approximate surface area is 123 Å². The fraction of sp³-hybridized carbons (Fsp3) is 0.333. The number of ether oxygens (including phenoxy) is 2. The summed E-state index contributed by atoms with van der Waals surface area (Å²) in [6, 6.07) is 6.22. The molecule has 0 aliphatic heterocycles. The summed E-state index contributed by atoms with van der Waals surface area (Å²) in [6.45, 7) is 5.13. The zero-order valence-electron chi connectivity index (χ0n) is 12.5. The van der Waals surface area contributed by atoms with Crippen LogP contribution in [-0.4, -0.2) is 29.9 Å². The summed E-state index contributed by atoms with van der Waals surface area (Å²) >= 11 is 0. The number of hydrogen-bond donors (Lipinski definition) is 2. The predicted molar refractivity (Wildman–Crippen MR) is 77.5 cm³/mol. The largest absolute Gasteiger partial charge is 0.508 e. The molecule has 0 heterocycles. The van der Waals surface area contributed by atoms with E-state index in [1.54, 1.807) is 32.9 Å². The number of hydrogen-bond acceptors (Lipinski definition) is 5. The highest BCUT2D eigenvalue weighted by Gasteiger charge is 2.20. The van der Waals surface area contributed by atoms with E-state index < -0.39 is 17.7 Å². The van der Waals surface area contributed by atoms with Gasteiger partial charge in [-0.15, -0.1) is 0 Å². The minimum atomic E-state index is -0.765. The van der Waals surface area contributed by atoms with Crippen LogP contribution in [0.2, 0.25) is 0 Å². The average Bonchev–Trinajstić information content (AvgIpc) is 2.34. The first-order chi connectivity index (χ1) is 9.71. The Hall–Kier alpha value is -2.50. The average molecular weight is 293 g/mol. The molecule has 0 bridgehead atoms. The van der Waals surface area contributed by atoms with Gasteiger partial charge in [0.25, 0.3) is 0 Å². The number of nitrogens with one attached hydrogen (secondary N) is 1. The normalized spacial score (nSPS) is 11.7. The van der Waals surface area contributed by atoms with E-state index in [0.717, 1.165) is 0 Å². The van der Waals surface area contributed by atoms with Gasteiger partial charge in [-0.2, -0.15) is 0 Å². The van der Waals surface area contributed by atoms with Crippen molar-refractivity contribution in [1.82, 2.24) is 5.32 Å². The standard InChI is InChI=1S/C15H19NO5/c1-15(2,3)21-14(19)16-12(13(18)20-4)9-10-6-5-7-11(17)8-10/h5-9,17H,1-4H3,(H,16,19)/b12-9+. The minimum Gasteiger partial charge on any atom is -0.508 e. The van der Waals surface area contributed by atoms with Crippen LogP contribution in [0, 0.1) is 0 Å². The number of phenolic OH excluding ortho intramolecular Hbond substituents is 1. The van der Waals surface area contributed by atoms with Crippen molar-refractivity contribution >= 4 is 18.1 Å². The molecule has 21 heavy (non-hydrogen) atoms. The Kier molecular flexibility index (Phi) is 5.35. The molecule has 0 saturated carbocycles. The maximum absolute atomic E-state index is 11.7. The van der Waals surface area contributed by atoms with Gasteiger partial charge in [-0.1, -0.05) is 12.1 Å². The summed E-state index contributed by atoms with van der Waals surface area (Å²) in [5.74, 6) is -0.672. The molecule has 0 fully saturated rings. The first kappa shape index (κ1) is 16.6. The van der Waals surface area contributed by atoms with Gasteiger partial charge in [0.05, 0.1) is 7.11 Å². The van der Waals surface area contributed by atoms with Crippen LogP contribution in [-0.2, 0) is 14.3 Å². The van der Waals surface area contributed by atoms with Gasteiger partial charge in [0.2, 0.25) is 0 Å². The van der Waals surface area contributed by atoms with Crippen LogP contribution >= 0.6 is 0 Å². The van der Waals surface area contributed by atoms with E-state index in [-0.39, 0.29) is 11.4 Å². The van der Waals surface area contributed by atoms with Gasteiger partial charge < -0.3 is 14.6 Å². The quantitative estimate of drug-likeness (QED) is 0.660.